The van der Waals surface area contributed by atoms with E-state index in [4.69, 9.17) is 0 Å². The van der Waals surface area contributed by atoms with Crippen molar-refractivity contribution in [3.63, 3.8) is 0 Å². The van der Waals surface area contributed by atoms with Gasteiger partial charge >= 0.3 is 0 Å². The van der Waals surface area contributed by atoms with Gasteiger partial charge in [-0.05, 0) is 32.0 Å². The van der Waals surface area contributed by atoms with Crippen molar-refractivity contribution in [3.05, 3.63) is 34.3 Å². The first-order chi connectivity index (χ1) is 8.09. The van der Waals surface area contributed by atoms with Crippen LogP contribution in [0.5, 0.6) is 0 Å². The van der Waals surface area contributed by atoms with E-state index >= 15 is 0 Å². The molecule has 17 heavy (non-hydrogen) atoms. The maximum atomic E-state index is 12.5. The van der Waals surface area contributed by atoms with Crippen LogP contribution in [0, 0.1) is 0 Å². The number of rotatable bonds is 1. The van der Waals surface area contributed by atoms with Gasteiger partial charge in [-0.2, -0.15) is 0 Å². The molecule has 1 aliphatic rings. The topological polar surface area (TPSA) is 32.3 Å². The van der Waals surface area contributed by atoms with E-state index in [0.717, 1.165) is 23.1 Å². The summed E-state index contributed by atoms with van der Waals surface area (Å²) in [5.41, 5.74) is 0.750. The molecule has 0 saturated carbocycles. The van der Waals surface area contributed by atoms with Gasteiger partial charge < -0.3 is 10.2 Å². The second-order valence-corrected chi connectivity index (χ2v) is 5.49. The number of amides is 1. The highest BCUT2D eigenvalue weighted by atomic mass is 79.9. The van der Waals surface area contributed by atoms with Gasteiger partial charge in [-0.15, -0.1) is 0 Å². The summed E-state index contributed by atoms with van der Waals surface area (Å²) in [5.74, 6) is 0.118. The number of carbonyl (C=O) groups excluding carboxylic acids is 1. The molecular formula is C13H17BrN2O. The van der Waals surface area contributed by atoms with Crippen LogP contribution in [-0.2, 0) is 0 Å². The lowest BCUT2D eigenvalue weighted by molar-refractivity contribution is 0.0544. The molecule has 92 valence electrons. The van der Waals surface area contributed by atoms with Crippen molar-refractivity contribution in [1.29, 1.82) is 0 Å². The van der Waals surface area contributed by atoms with Crippen LogP contribution in [0.3, 0.4) is 0 Å². The molecule has 1 aliphatic heterocycles. The standard InChI is InChI=1S/C13H17BrN2O/c1-9-7-15-8-10(2)16(9)13(17)11-4-3-5-12(14)6-11/h3-6,9-10,15H,7-8H2,1-2H3. The van der Waals surface area contributed by atoms with Crippen LogP contribution in [0.2, 0.25) is 0 Å². The lowest BCUT2D eigenvalue weighted by atomic mass is 10.1. The minimum Gasteiger partial charge on any atom is -0.331 e. The SMILES string of the molecule is CC1CNCC(C)N1C(=O)c1cccc(Br)c1. The Kier molecular flexibility index (Phi) is 3.84. The number of hydrogen-bond donors (Lipinski definition) is 1. The van der Waals surface area contributed by atoms with Crippen molar-refractivity contribution < 1.29 is 4.79 Å². The van der Waals surface area contributed by atoms with Gasteiger partial charge in [-0.25, -0.2) is 0 Å². The van der Waals surface area contributed by atoms with Crippen LogP contribution in [-0.4, -0.2) is 36.0 Å². The van der Waals surface area contributed by atoms with Gasteiger partial charge in [0.25, 0.3) is 5.91 Å². The average Bonchev–Trinajstić information content (AvgIpc) is 2.28. The minimum absolute atomic E-state index is 0.118. The second kappa shape index (κ2) is 5.19. The van der Waals surface area contributed by atoms with Crippen molar-refractivity contribution >= 4 is 21.8 Å². The van der Waals surface area contributed by atoms with Crippen LogP contribution >= 0.6 is 15.9 Å². The number of piperazine rings is 1. The zero-order valence-corrected chi connectivity index (χ0v) is 11.7. The van der Waals surface area contributed by atoms with E-state index in [1.807, 2.05) is 29.2 Å². The first-order valence-corrected chi connectivity index (χ1v) is 6.68. The number of nitrogens with one attached hydrogen (secondary N) is 1. The first kappa shape index (κ1) is 12.6. The summed E-state index contributed by atoms with van der Waals surface area (Å²) in [4.78, 5) is 14.4. The van der Waals surface area contributed by atoms with Gasteiger partial charge in [0, 0.05) is 35.2 Å². The Balaban J connectivity index is 2.24. The molecule has 2 unspecified atom stereocenters. The third-order valence-corrected chi connectivity index (χ3v) is 3.63. The fourth-order valence-electron chi connectivity index (χ4n) is 2.30. The molecule has 0 bridgehead atoms. The third kappa shape index (κ3) is 2.69. The Hall–Kier alpha value is -0.870. The van der Waals surface area contributed by atoms with Crippen molar-refractivity contribution in [1.82, 2.24) is 10.2 Å². The summed E-state index contributed by atoms with van der Waals surface area (Å²) in [6.45, 7) is 5.89. The van der Waals surface area contributed by atoms with Crippen LogP contribution < -0.4 is 5.32 Å². The molecule has 1 amide bonds. The molecule has 0 aliphatic carbocycles. The van der Waals surface area contributed by atoms with Crippen molar-refractivity contribution in [2.75, 3.05) is 13.1 Å². The number of nitrogens with zero attached hydrogens (tertiary/aromatic N) is 1. The highest BCUT2D eigenvalue weighted by molar-refractivity contribution is 9.10. The normalized spacial score (nSPS) is 24.8. The molecule has 0 radical (unpaired) electrons. The molecule has 1 N–H and O–H groups in total. The predicted molar refractivity (Wildman–Crippen MR) is 72.1 cm³/mol. The first-order valence-electron chi connectivity index (χ1n) is 5.88. The van der Waals surface area contributed by atoms with Crippen LogP contribution in [0.15, 0.2) is 28.7 Å². The Morgan fingerprint density at radius 2 is 2.00 bits per heavy atom. The smallest absolute Gasteiger partial charge is 0.254 e. The molecule has 2 rings (SSSR count). The molecule has 1 aromatic rings. The molecule has 1 fully saturated rings. The van der Waals surface area contributed by atoms with Gasteiger partial charge in [-0.1, -0.05) is 22.0 Å². The van der Waals surface area contributed by atoms with Gasteiger partial charge in [-0.3, -0.25) is 4.79 Å². The predicted octanol–water partition coefficient (Wildman–Crippen LogP) is 2.27. The summed E-state index contributed by atoms with van der Waals surface area (Å²) in [7, 11) is 0. The lowest BCUT2D eigenvalue weighted by Crippen LogP contribution is -2.57. The number of hydrogen-bond acceptors (Lipinski definition) is 2. The zero-order valence-electron chi connectivity index (χ0n) is 10.1. The molecular weight excluding hydrogens is 280 g/mol. The number of benzene rings is 1. The number of carbonyl (C=O) groups is 1. The van der Waals surface area contributed by atoms with E-state index in [2.05, 4.69) is 35.1 Å². The van der Waals surface area contributed by atoms with Crippen LogP contribution in [0.1, 0.15) is 24.2 Å². The van der Waals surface area contributed by atoms with Gasteiger partial charge in [0.2, 0.25) is 0 Å². The molecule has 0 aromatic heterocycles. The molecule has 3 nitrogen and oxygen atoms in total. The lowest BCUT2D eigenvalue weighted by Gasteiger charge is -2.39. The van der Waals surface area contributed by atoms with Crippen molar-refractivity contribution in [2.24, 2.45) is 0 Å². The second-order valence-electron chi connectivity index (χ2n) is 4.58. The summed E-state index contributed by atoms with van der Waals surface area (Å²) >= 11 is 3.40. The fraction of sp³-hybridized carbons (Fsp3) is 0.462. The molecule has 4 heteroatoms. The van der Waals surface area contributed by atoms with Crippen LogP contribution in [0.25, 0.3) is 0 Å². The Morgan fingerprint density at radius 3 is 2.59 bits per heavy atom. The fourth-order valence-corrected chi connectivity index (χ4v) is 2.70. The van der Waals surface area contributed by atoms with E-state index in [1.165, 1.54) is 0 Å². The third-order valence-electron chi connectivity index (χ3n) is 3.14. The zero-order chi connectivity index (χ0) is 12.4. The van der Waals surface area contributed by atoms with E-state index < -0.39 is 0 Å². The maximum Gasteiger partial charge on any atom is 0.254 e. The Morgan fingerprint density at radius 1 is 1.35 bits per heavy atom. The monoisotopic (exact) mass is 296 g/mol. The molecule has 0 spiro atoms. The summed E-state index contributed by atoms with van der Waals surface area (Å²) in [6.07, 6.45) is 0. The van der Waals surface area contributed by atoms with E-state index in [0.29, 0.717) is 0 Å². The minimum atomic E-state index is 0.118. The molecule has 1 saturated heterocycles. The Bertz CT molecular complexity index is 412. The highest BCUT2D eigenvalue weighted by Gasteiger charge is 2.29. The summed E-state index contributed by atoms with van der Waals surface area (Å²) in [5, 5.41) is 3.33. The van der Waals surface area contributed by atoms with Gasteiger partial charge in [0.1, 0.15) is 0 Å². The maximum absolute atomic E-state index is 12.5. The molecule has 1 heterocycles. The van der Waals surface area contributed by atoms with Crippen LogP contribution in [0.4, 0.5) is 0 Å². The van der Waals surface area contributed by atoms with E-state index in [1.54, 1.807) is 0 Å². The van der Waals surface area contributed by atoms with Gasteiger partial charge in [0.15, 0.2) is 0 Å². The summed E-state index contributed by atoms with van der Waals surface area (Å²) < 4.78 is 0.943. The quantitative estimate of drug-likeness (QED) is 0.862. The van der Waals surface area contributed by atoms with Gasteiger partial charge in [0.05, 0.1) is 0 Å². The van der Waals surface area contributed by atoms with Crippen molar-refractivity contribution in [3.8, 4) is 0 Å². The molecule has 2 atom stereocenters. The van der Waals surface area contributed by atoms with E-state index in [-0.39, 0.29) is 18.0 Å². The van der Waals surface area contributed by atoms with E-state index in [9.17, 15) is 4.79 Å². The number of halogens is 1. The average molecular weight is 297 g/mol. The Labute approximate surface area is 110 Å². The van der Waals surface area contributed by atoms with Crippen molar-refractivity contribution in [2.45, 2.75) is 25.9 Å². The highest BCUT2D eigenvalue weighted by Crippen LogP contribution is 2.18. The molecule has 1 aromatic carbocycles. The summed E-state index contributed by atoms with van der Waals surface area (Å²) in [6, 6.07) is 8.06. The largest absolute Gasteiger partial charge is 0.331 e.